The van der Waals surface area contributed by atoms with E-state index in [2.05, 4.69) is 17.4 Å². The molecule has 2 rings (SSSR count). The lowest BCUT2D eigenvalue weighted by molar-refractivity contribution is 0.110. The summed E-state index contributed by atoms with van der Waals surface area (Å²) in [6.45, 7) is 4.08. The molecule has 0 amide bonds. The third kappa shape index (κ3) is 4.50. The van der Waals surface area contributed by atoms with Crippen LogP contribution in [0.15, 0.2) is 54.6 Å². The second-order valence-electron chi connectivity index (χ2n) is 5.88. The fourth-order valence-corrected chi connectivity index (χ4v) is 2.37. The average molecular weight is 299 g/mol. The summed E-state index contributed by atoms with van der Waals surface area (Å²) in [5, 5.41) is 13.8. The van der Waals surface area contributed by atoms with Crippen LogP contribution in [-0.4, -0.2) is 18.3 Å². The molecule has 0 aliphatic heterocycles. The van der Waals surface area contributed by atoms with E-state index in [9.17, 15) is 5.11 Å². The molecule has 0 unspecified atom stereocenters. The summed E-state index contributed by atoms with van der Waals surface area (Å²) in [6, 6.07) is 18.2. The third-order valence-electron chi connectivity index (χ3n) is 3.88. The van der Waals surface area contributed by atoms with Crippen LogP contribution in [0.1, 0.15) is 31.9 Å². The molecule has 118 valence electrons. The molecule has 0 bridgehead atoms. The molecule has 2 atom stereocenters. The van der Waals surface area contributed by atoms with Gasteiger partial charge in [-0.15, -0.1) is 0 Å². The molecule has 0 spiro atoms. The van der Waals surface area contributed by atoms with Gasteiger partial charge in [0.1, 0.15) is 5.75 Å². The summed E-state index contributed by atoms with van der Waals surface area (Å²) in [7, 11) is 1.66. The number of ether oxygens (including phenoxy) is 1. The summed E-state index contributed by atoms with van der Waals surface area (Å²) in [5.74, 6) is 1.08. The van der Waals surface area contributed by atoms with Crippen molar-refractivity contribution in [1.29, 1.82) is 0 Å². The van der Waals surface area contributed by atoms with Crippen LogP contribution in [0.2, 0.25) is 0 Å². The maximum absolute atomic E-state index is 10.3. The van der Waals surface area contributed by atoms with Crippen molar-refractivity contribution in [3.8, 4) is 5.75 Å². The number of rotatable bonds is 7. The maximum Gasteiger partial charge on any atom is 0.119 e. The van der Waals surface area contributed by atoms with E-state index >= 15 is 0 Å². The number of anilines is 1. The molecule has 2 aromatic rings. The van der Waals surface area contributed by atoms with Crippen LogP contribution in [0.3, 0.4) is 0 Å². The van der Waals surface area contributed by atoms with E-state index in [0.717, 1.165) is 11.4 Å². The molecular weight excluding hydrogens is 274 g/mol. The Balaban J connectivity index is 2.16. The van der Waals surface area contributed by atoms with Gasteiger partial charge in [-0.2, -0.15) is 0 Å². The van der Waals surface area contributed by atoms with Crippen molar-refractivity contribution in [3.63, 3.8) is 0 Å². The predicted octanol–water partition coefficient (Wildman–Crippen LogP) is 4.26. The number of nitrogens with one attached hydrogen (secondary N) is 1. The second-order valence-corrected chi connectivity index (χ2v) is 5.88. The zero-order valence-corrected chi connectivity index (χ0v) is 13.5. The largest absolute Gasteiger partial charge is 0.497 e. The minimum atomic E-state index is -0.337. The average Bonchev–Trinajstić information content (AvgIpc) is 2.55. The van der Waals surface area contributed by atoms with Gasteiger partial charge in [0, 0.05) is 5.69 Å². The number of hydrogen-bond acceptors (Lipinski definition) is 3. The number of aliphatic hydroxyl groups is 1. The Hall–Kier alpha value is -2.00. The van der Waals surface area contributed by atoms with Crippen LogP contribution in [0, 0.1) is 5.92 Å². The smallest absolute Gasteiger partial charge is 0.119 e. The van der Waals surface area contributed by atoms with Gasteiger partial charge in [0.15, 0.2) is 0 Å². The Morgan fingerprint density at radius 3 is 2.18 bits per heavy atom. The van der Waals surface area contributed by atoms with Gasteiger partial charge >= 0.3 is 0 Å². The van der Waals surface area contributed by atoms with E-state index in [1.54, 1.807) is 7.11 Å². The molecule has 0 radical (unpaired) electrons. The normalized spacial score (nSPS) is 13.7. The van der Waals surface area contributed by atoms with Crippen LogP contribution in [0.5, 0.6) is 5.75 Å². The minimum absolute atomic E-state index is 0.0759. The van der Waals surface area contributed by atoms with Gasteiger partial charge in [0.05, 0.1) is 19.3 Å². The Morgan fingerprint density at radius 2 is 1.64 bits per heavy atom. The van der Waals surface area contributed by atoms with Gasteiger partial charge in [-0.25, -0.2) is 0 Å². The van der Waals surface area contributed by atoms with Gasteiger partial charge in [-0.3, -0.25) is 0 Å². The first-order valence-electron chi connectivity index (χ1n) is 7.73. The van der Waals surface area contributed by atoms with Gasteiger partial charge in [-0.1, -0.05) is 44.2 Å². The Labute approximate surface area is 133 Å². The van der Waals surface area contributed by atoms with Crippen LogP contribution in [0.4, 0.5) is 5.69 Å². The van der Waals surface area contributed by atoms with Gasteiger partial charge in [0.25, 0.3) is 0 Å². The molecule has 3 heteroatoms. The lowest BCUT2D eigenvalue weighted by Gasteiger charge is -2.25. The van der Waals surface area contributed by atoms with Crippen molar-refractivity contribution in [3.05, 3.63) is 60.2 Å². The SMILES string of the molecule is COc1ccc(N[C@@H](C[C@@H](O)C(C)C)c2ccccc2)cc1. The second kappa shape index (κ2) is 7.85. The monoisotopic (exact) mass is 299 g/mol. The standard InChI is InChI=1S/C19H25NO2/c1-14(2)19(21)13-18(15-7-5-4-6-8-15)20-16-9-11-17(22-3)12-10-16/h4-12,14,18-21H,13H2,1-3H3/t18-,19+/m0/s1. The molecule has 3 nitrogen and oxygen atoms in total. The van der Waals surface area contributed by atoms with E-state index in [1.165, 1.54) is 5.56 Å². The summed E-state index contributed by atoms with van der Waals surface area (Å²) in [6.07, 6.45) is 0.337. The first-order chi connectivity index (χ1) is 10.6. The van der Waals surface area contributed by atoms with Crippen LogP contribution in [-0.2, 0) is 0 Å². The fourth-order valence-electron chi connectivity index (χ4n) is 2.37. The highest BCUT2D eigenvalue weighted by Crippen LogP contribution is 2.27. The third-order valence-corrected chi connectivity index (χ3v) is 3.88. The number of benzene rings is 2. The molecule has 0 heterocycles. The quantitative estimate of drug-likeness (QED) is 0.803. The summed E-state index contributed by atoms with van der Waals surface area (Å²) in [4.78, 5) is 0. The Bertz CT molecular complexity index is 551. The highest BCUT2D eigenvalue weighted by molar-refractivity contribution is 5.48. The van der Waals surface area contributed by atoms with Crippen molar-refractivity contribution in [2.45, 2.75) is 32.4 Å². The van der Waals surface area contributed by atoms with Crippen LogP contribution < -0.4 is 10.1 Å². The number of hydrogen-bond donors (Lipinski definition) is 2. The molecule has 0 saturated carbocycles. The first-order valence-corrected chi connectivity index (χ1v) is 7.73. The van der Waals surface area contributed by atoms with Gasteiger partial charge in [-0.05, 0) is 42.2 Å². The molecule has 2 N–H and O–H groups in total. The van der Waals surface area contributed by atoms with Crippen molar-refractivity contribution in [2.24, 2.45) is 5.92 Å². The fraction of sp³-hybridized carbons (Fsp3) is 0.368. The number of methoxy groups -OCH3 is 1. The summed E-state index contributed by atoms with van der Waals surface area (Å²) in [5.41, 5.74) is 2.20. The van der Waals surface area contributed by atoms with Crippen LogP contribution >= 0.6 is 0 Å². The van der Waals surface area contributed by atoms with Gasteiger partial charge in [0.2, 0.25) is 0 Å². The lowest BCUT2D eigenvalue weighted by Crippen LogP contribution is -2.22. The van der Waals surface area contributed by atoms with Gasteiger partial charge < -0.3 is 15.2 Å². The van der Waals surface area contributed by atoms with Crippen molar-refractivity contribution >= 4 is 5.69 Å². The topological polar surface area (TPSA) is 41.5 Å². The molecule has 0 aliphatic carbocycles. The molecule has 2 aromatic carbocycles. The minimum Gasteiger partial charge on any atom is -0.497 e. The zero-order chi connectivity index (χ0) is 15.9. The molecular formula is C19H25NO2. The predicted molar refractivity (Wildman–Crippen MR) is 91.3 cm³/mol. The first kappa shape index (κ1) is 16.4. The van der Waals surface area contributed by atoms with E-state index in [0.29, 0.717) is 6.42 Å². The molecule has 0 aliphatic rings. The van der Waals surface area contributed by atoms with E-state index in [-0.39, 0.29) is 18.1 Å². The van der Waals surface area contributed by atoms with Crippen molar-refractivity contribution in [1.82, 2.24) is 0 Å². The number of aliphatic hydroxyl groups excluding tert-OH is 1. The highest BCUT2D eigenvalue weighted by atomic mass is 16.5. The molecule has 0 aromatic heterocycles. The van der Waals surface area contributed by atoms with E-state index < -0.39 is 0 Å². The molecule has 22 heavy (non-hydrogen) atoms. The molecule has 0 saturated heterocycles. The van der Waals surface area contributed by atoms with E-state index in [1.807, 2.05) is 56.3 Å². The van der Waals surface area contributed by atoms with Crippen molar-refractivity contribution in [2.75, 3.05) is 12.4 Å². The highest BCUT2D eigenvalue weighted by Gasteiger charge is 2.18. The lowest BCUT2D eigenvalue weighted by atomic mass is 9.95. The Kier molecular flexibility index (Phi) is 5.84. The van der Waals surface area contributed by atoms with Crippen LogP contribution in [0.25, 0.3) is 0 Å². The van der Waals surface area contributed by atoms with Crippen molar-refractivity contribution < 1.29 is 9.84 Å². The zero-order valence-electron chi connectivity index (χ0n) is 13.5. The maximum atomic E-state index is 10.3. The summed E-state index contributed by atoms with van der Waals surface area (Å²) < 4.78 is 5.19. The summed E-state index contributed by atoms with van der Waals surface area (Å²) >= 11 is 0. The molecule has 0 fully saturated rings. The Morgan fingerprint density at radius 1 is 1.00 bits per heavy atom. The van der Waals surface area contributed by atoms with E-state index in [4.69, 9.17) is 4.74 Å².